The van der Waals surface area contributed by atoms with Crippen molar-refractivity contribution >= 4 is 27.8 Å². The van der Waals surface area contributed by atoms with Crippen LogP contribution in [-0.2, 0) is 14.8 Å². The molecule has 0 aromatic heterocycles. The number of sulfonamides is 1. The minimum atomic E-state index is -4.01. The van der Waals surface area contributed by atoms with E-state index in [9.17, 15) is 22.8 Å². The molecule has 8 nitrogen and oxygen atoms in total. The summed E-state index contributed by atoms with van der Waals surface area (Å²) in [6.45, 7) is 6.74. The largest absolute Gasteiger partial charge is 0.481 e. The molecule has 1 heterocycles. The summed E-state index contributed by atoms with van der Waals surface area (Å²) < 4.78 is 26.1. The molecule has 2 N–H and O–H groups in total. The second-order valence-corrected chi connectivity index (χ2v) is 8.71. The third-order valence-electron chi connectivity index (χ3n) is 4.90. The second kappa shape index (κ2) is 7.30. The van der Waals surface area contributed by atoms with Gasteiger partial charge in [0.05, 0.1) is 17.5 Å². The molecule has 1 aliphatic rings. The summed E-state index contributed by atoms with van der Waals surface area (Å²) in [6.07, 6.45) is 0.573. The molecule has 0 atom stereocenters. The smallest absolute Gasteiger partial charge is 0.305 e. The topological polar surface area (TPSA) is 121 Å². The van der Waals surface area contributed by atoms with Gasteiger partial charge in [-0.15, -0.1) is 0 Å². The van der Waals surface area contributed by atoms with Gasteiger partial charge < -0.3 is 10.4 Å². The fraction of sp³-hybridized carbons (Fsp3) is 0.500. The first-order valence-electron chi connectivity index (χ1n) is 8.76. The van der Waals surface area contributed by atoms with Gasteiger partial charge in [0.1, 0.15) is 4.90 Å². The lowest BCUT2D eigenvalue weighted by Gasteiger charge is -2.31. The zero-order chi connectivity index (χ0) is 20.6. The predicted octanol–water partition coefficient (Wildman–Crippen LogP) is 2.00. The number of carboxylic acid groups (broad SMARTS) is 1. The Bertz CT molecular complexity index is 887. The van der Waals surface area contributed by atoms with Gasteiger partial charge in [-0.3, -0.25) is 14.4 Å². The van der Waals surface area contributed by atoms with Gasteiger partial charge in [-0.25, -0.2) is 12.7 Å². The molecule has 1 aromatic rings. The second-order valence-electron chi connectivity index (χ2n) is 6.92. The molecule has 0 unspecified atom stereocenters. The molecule has 1 aliphatic heterocycles. The van der Waals surface area contributed by atoms with Gasteiger partial charge in [0.25, 0.3) is 21.8 Å². The van der Waals surface area contributed by atoms with Crippen LogP contribution < -0.4 is 5.32 Å². The fourth-order valence-corrected chi connectivity index (χ4v) is 5.02. The van der Waals surface area contributed by atoms with Crippen molar-refractivity contribution in [1.82, 2.24) is 9.62 Å². The molecule has 0 bridgehead atoms. The van der Waals surface area contributed by atoms with Crippen LogP contribution >= 0.6 is 0 Å². The quantitative estimate of drug-likeness (QED) is 0.727. The number of rotatable bonds is 7. The van der Waals surface area contributed by atoms with Crippen molar-refractivity contribution in [1.29, 1.82) is 0 Å². The number of fused-ring (bicyclic) bond motifs is 1. The molecule has 0 aliphatic carbocycles. The van der Waals surface area contributed by atoms with E-state index in [2.05, 4.69) is 5.32 Å². The van der Waals surface area contributed by atoms with E-state index in [0.29, 0.717) is 12.8 Å². The summed E-state index contributed by atoms with van der Waals surface area (Å²) in [4.78, 5) is 36.0. The van der Waals surface area contributed by atoms with Crippen LogP contribution in [0.5, 0.6) is 0 Å². The number of carboxylic acids is 1. The molecule has 0 radical (unpaired) electrons. The Morgan fingerprint density at radius 3 is 2.30 bits per heavy atom. The van der Waals surface area contributed by atoms with Crippen LogP contribution in [0.25, 0.3) is 0 Å². The average molecular weight is 396 g/mol. The maximum Gasteiger partial charge on any atom is 0.305 e. The summed E-state index contributed by atoms with van der Waals surface area (Å²) in [7, 11) is -4.01. The van der Waals surface area contributed by atoms with Gasteiger partial charge >= 0.3 is 5.97 Å². The van der Waals surface area contributed by atoms with Crippen LogP contribution in [0.15, 0.2) is 23.1 Å². The summed E-state index contributed by atoms with van der Waals surface area (Å²) >= 11 is 0. The molecule has 0 spiro atoms. The Balaban J connectivity index is 2.41. The highest BCUT2D eigenvalue weighted by Gasteiger charge is 2.43. The van der Waals surface area contributed by atoms with Crippen LogP contribution in [0.3, 0.4) is 0 Å². The minimum Gasteiger partial charge on any atom is -0.481 e. The minimum absolute atomic E-state index is 0.0306. The standard InChI is InChI=1S/C18H24N2O6S/c1-5-18(6-2,10-15(21)22)19-16(23)12-7-8-13-14(9-12)27(25,26)20(11(3)4)17(13)24/h7-9,11H,5-6,10H2,1-4H3,(H,19,23)(H,21,22). The highest BCUT2D eigenvalue weighted by Crippen LogP contribution is 2.33. The zero-order valence-corrected chi connectivity index (χ0v) is 16.6. The van der Waals surface area contributed by atoms with E-state index in [1.807, 2.05) is 0 Å². The zero-order valence-electron chi connectivity index (χ0n) is 15.8. The number of amides is 2. The highest BCUT2D eigenvalue weighted by molar-refractivity contribution is 7.90. The van der Waals surface area contributed by atoms with E-state index >= 15 is 0 Å². The maximum atomic E-state index is 12.7. The number of hydrogen-bond acceptors (Lipinski definition) is 5. The maximum absolute atomic E-state index is 12.7. The lowest BCUT2D eigenvalue weighted by atomic mass is 9.88. The molecular formula is C18H24N2O6S. The SMILES string of the molecule is CCC(CC)(CC(=O)O)NC(=O)c1ccc2c(c1)S(=O)(=O)N(C(C)C)C2=O. The normalized spacial score (nSPS) is 15.7. The van der Waals surface area contributed by atoms with E-state index in [1.165, 1.54) is 18.2 Å². The Labute approximate surface area is 158 Å². The predicted molar refractivity (Wildman–Crippen MR) is 98.0 cm³/mol. The molecule has 27 heavy (non-hydrogen) atoms. The van der Waals surface area contributed by atoms with E-state index in [0.717, 1.165) is 4.31 Å². The molecule has 0 saturated heterocycles. The molecule has 1 aromatic carbocycles. The van der Waals surface area contributed by atoms with E-state index in [1.54, 1.807) is 27.7 Å². The van der Waals surface area contributed by atoms with Crippen molar-refractivity contribution in [3.05, 3.63) is 29.3 Å². The number of nitrogens with zero attached hydrogens (tertiary/aromatic N) is 1. The molecule has 2 rings (SSSR count). The van der Waals surface area contributed by atoms with Crippen molar-refractivity contribution in [2.24, 2.45) is 0 Å². The number of aliphatic carboxylic acids is 1. The third-order valence-corrected chi connectivity index (χ3v) is 6.90. The summed E-state index contributed by atoms with van der Waals surface area (Å²) in [5.74, 6) is -2.23. The molecule has 2 amide bonds. The van der Waals surface area contributed by atoms with E-state index in [-0.39, 0.29) is 22.4 Å². The lowest BCUT2D eigenvalue weighted by molar-refractivity contribution is -0.138. The van der Waals surface area contributed by atoms with Crippen molar-refractivity contribution in [2.75, 3.05) is 0 Å². The lowest BCUT2D eigenvalue weighted by Crippen LogP contribution is -2.49. The van der Waals surface area contributed by atoms with E-state index in [4.69, 9.17) is 5.11 Å². The first kappa shape index (κ1) is 20.9. The Kier molecular flexibility index (Phi) is 5.65. The van der Waals surface area contributed by atoms with Crippen molar-refractivity contribution in [2.45, 2.75) is 63.4 Å². The van der Waals surface area contributed by atoms with Crippen molar-refractivity contribution < 1.29 is 27.9 Å². The van der Waals surface area contributed by atoms with Crippen LogP contribution in [0, 0.1) is 0 Å². The van der Waals surface area contributed by atoms with Crippen molar-refractivity contribution in [3.63, 3.8) is 0 Å². The number of carbonyl (C=O) groups is 3. The van der Waals surface area contributed by atoms with Gasteiger partial charge in [-0.05, 0) is 44.9 Å². The Morgan fingerprint density at radius 2 is 1.81 bits per heavy atom. The number of carbonyl (C=O) groups excluding carboxylic acids is 2. The van der Waals surface area contributed by atoms with Crippen LogP contribution in [0.4, 0.5) is 0 Å². The first-order valence-corrected chi connectivity index (χ1v) is 10.2. The monoisotopic (exact) mass is 396 g/mol. The number of nitrogens with one attached hydrogen (secondary N) is 1. The Hall–Kier alpha value is -2.42. The van der Waals surface area contributed by atoms with Crippen LogP contribution in [0.2, 0.25) is 0 Å². The highest BCUT2D eigenvalue weighted by atomic mass is 32.2. The molecule has 9 heteroatoms. The summed E-state index contributed by atoms with van der Waals surface area (Å²) in [5, 5.41) is 11.9. The van der Waals surface area contributed by atoms with E-state index < -0.39 is 39.4 Å². The van der Waals surface area contributed by atoms with Gasteiger partial charge in [0.2, 0.25) is 0 Å². The Morgan fingerprint density at radius 1 is 1.22 bits per heavy atom. The number of benzene rings is 1. The van der Waals surface area contributed by atoms with Gasteiger partial charge in [-0.1, -0.05) is 13.8 Å². The molecule has 0 fully saturated rings. The van der Waals surface area contributed by atoms with Gasteiger partial charge in [0.15, 0.2) is 0 Å². The van der Waals surface area contributed by atoms with Crippen LogP contribution in [0.1, 0.15) is 67.7 Å². The first-order chi connectivity index (χ1) is 12.5. The summed E-state index contributed by atoms with van der Waals surface area (Å²) in [6, 6.07) is 3.33. The number of hydrogen-bond donors (Lipinski definition) is 2. The van der Waals surface area contributed by atoms with Gasteiger partial charge in [0, 0.05) is 11.6 Å². The van der Waals surface area contributed by atoms with Crippen molar-refractivity contribution in [3.8, 4) is 0 Å². The van der Waals surface area contributed by atoms with Gasteiger partial charge in [-0.2, -0.15) is 0 Å². The average Bonchev–Trinajstić information content (AvgIpc) is 2.79. The molecule has 148 valence electrons. The third kappa shape index (κ3) is 3.69. The molecule has 0 saturated carbocycles. The molecular weight excluding hydrogens is 372 g/mol. The summed E-state index contributed by atoms with van der Waals surface area (Å²) in [5.41, 5.74) is -0.837. The van der Waals surface area contributed by atoms with Crippen LogP contribution in [-0.4, -0.2) is 47.2 Å². The fourth-order valence-electron chi connectivity index (χ4n) is 3.22.